The van der Waals surface area contributed by atoms with Crippen LogP contribution in [-0.2, 0) is 0 Å². The van der Waals surface area contributed by atoms with E-state index in [4.69, 9.17) is 0 Å². The van der Waals surface area contributed by atoms with Gasteiger partial charge in [-0.1, -0.05) is 111 Å². The van der Waals surface area contributed by atoms with E-state index in [1.807, 2.05) is 4.90 Å². The molecule has 4 aromatic carbocycles. The highest BCUT2D eigenvalue weighted by atomic mass is 27.2. The Morgan fingerprint density at radius 1 is 0.429 bits per heavy atom. The van der Waals surface area contributed by atoms with Crippen LogP contribution in [0.3, 0.4) is 0 Å². The van der Waals surface area contributed by atoms with Gasteiger partial charge in [-0.15, -0.1) is 48.5 Å². The lowest BCUT2D eigenvalue weighted by Gasteiger charge is -2.41. The predicted octanol–water partition coefficient (Wildman–Crippen LogP) is 6.57. The Labute approximate surface area is 260 Å². The van der Waals surface area contributed by atoms with Crippen LogP contribution in [0.2, 0.25) is 0 Å². The van der Waals surface area contributed by atoms with Crippen LogP contribution in [0.1, 0.15) is 81.5 Å². The Morgan fingerprint density at radius 2 is 0.690 bits per heavy atom. The van der Waals surface area contributed by atoms with Crippen molar-refractivity contribution >= 4 is 30.8 Å². The molecule has 0 heterocycles. The van der Waals surface area contributed by atoms with Gasteiger partial charge < -0.3 is 4.90 Å². The van der Waals surface area contributed by atoms with Crippen LogP contribution in [-0.4, -0.2) is 32.7 Å². The quantitative estimate of drug-likeness (QED) is 0.172. The lowest BCUT2D eigenvalue weighted by molar-refractivity contribution is -0.900. The van der Waals surface area contributed by atoms with E-state index in [1.54, 1.807) is 0 Å². The van der Waals surface area contributed by atoms with Gasteiger partial charge in [0.15, 0.2) is 0 Å². The van der Waals surface area contributed by atoms with Crippen LogP contribution >= 0.6 is 0 Å². The molecule has 1 N–H and O–H groups in total. The van der Waals surface area contributed by atoms with Crippen molar-refractivity contribution in [1.82, 2.24) is 0 Å². The zero-order valence-corrected chi connectivity index (χ0v) is 28.8. The van der Waals surface area contributed by atoms with E-state index < -0.39 is 13.1 Å². The second-order valence-electron chi connectivity index (χ2n) is 12.6. The van der Waals surface area contributed by atoms with Gasteiger partial charge in [0, 0.05) is 0 Å². The summed E-state index contributed by atoms with van der Waals surface area (Å²) in [5.41, 5.74) is 5.28. The van der Waals surface area contributed by atoms with Crippen molar-refractivity contribution in [2.75, 3.05) is 19.6 Å². The Morgan fingerprint density at radius 3 is 0.905 bits per heavy atom. The summed E-state index contributed by atoms with van der Waals surface area (Å²) in [5.74, 6) is 0. The van der Waals surface area contributed by atoms with Gasteiger partial charge in [-0.05, 0) is 47.0 Å². The lowest BCUT2D eigenvalue weighted by atomic mass is 10.2. The molecular weight excluding hydrogens is 521 g/mol. The third-order valence-electron chi connectivity index (χ3n) is 8.82. The highest BCUT2D eigenvalue weighted by molar-refractivity contribution is 7.19. The summed E-state index contributed by atoms with van der Waals surface area (Å²) in [4.78, 5) is 1.84. The van der Waals surface area contributed by atoms with Gasteiger partial charge in [0.1, 0.15) is 0 Å². The van der Waals surface area contributed by atoms with E-state index in [-0.39, 0.29) is 0 Å². The molecule has 42 heavy (non-hydrogen) atoms. The fraction of sp³-hybridized carbons (Fsp3) is 0.400. The third kappa shape index (κ3) is 9.18. The molecule has 0 aliphatic rings. The molecule has 0 spiro atoms. The van der Waals surface area contributed by atoms with Gasteiger partial charge in [0.05, 0.1) is 19.6 Å². The van der Waals surface area contributed by atoms with Crippen molar-refractivity contribution in [1.29, 1.82) is 0 Å². The van der Waals surface area contributed by atoms with Crippen LogP contribution in [0.25, 0.3) is 0 Å². The smallest absolute Gasteiger partial charge is 0.267 e. The van der Waals surface area contributed by atoms with E-state index in [1.165, 1.54) is 98.1 Å². The zero-order valence-electron chi connectivity index (χ0n) is 27.7. The van der Waals surface area contributed by atoms with Gasteiger partial charge in [0.25, 0.3) is 13.1 Å². The minimum atomic E-state index is -2.84. The molecule has 0 saturated heterocycles. The van der Waals surface area contributed by atoms with E-state index in [0.717, 1.165) is 0 Å². The molecule has 0 bridgehead atoms. The van der Waals surface area contributed by atoms with Gasteiger partial charge in [0.2, 0.25) is 0 Å². The summed E-state index contributed by atoms with van der Waals surface area (Å²) in [5, 5.41) is 0. The number of unbranched alkanes of at least 4 members (excludes halogenated alkanes) is 3. The normalized spacial score (nSPS) is 11.3. The highest BCUT2D eigenvalue weighted by Crippen LogP contribution is 2.13. The molecule has 0 aliphatic heterocycles. The maximum atomic E-state index is 2.41. The number of hydrogen-bond donors (Lipinski definition) is 1. The van der Waals surface area contributed by atoms with Gasteiger partial charge in [-0.25, -0.2) is 17.7 Å². The van der Waals surface area contributed by atoms with Crippen molar-refractivity contribution in [2.45, 2.75) is 87.0 Å². The minimum absolute atomic E-state index is 1.32. The Bertz CT molecular complexity index is 1150. The summed E-state index contributed by atoms with van der Waals surface area (Å²) in [6, 6.07) is 36.8. The molecule has 0 amide bonds. The van der Waals surface area contributed by atoms with Crippen molar-refractivity contribution in [3.63, 3.8) is 0 Å². The van der Waals surface area contributed by atoms with E-state index >= 15 is 0 Å². The number of rotatable bonds is 13. The largest absolute Gasteiger partial charge is 0.335 e. The van der Waals surface area contributed by atoms with Crippen LogP contribution in [0.4, 0.5) is 0 Å². The summed E-state index contributed by atoms with van der Waals surface area (Å²) in [6.07, 6.45) is 8.26. The molecule has 2 heteroatoms. The molecule has 0 unspecified atom stereocenters. The first-order valence-electron chi connectivity index (χ1n) is 16.6. The molecule has 0 radical (unpaired) electrons. The van der Waals surface area contributed by atoms with E-state index in [2.05, 4.69) is 146 Å². The standard InChI is InChI=1S/C12H27N.4C7H7.Al/c1-4-7-10-13(11-8-5-2)12-9-6-3;4*1-7-5-3-2-4-6-7;/h4-12H2,1-3H3;4*2-3,5-6H,1H3;/q;;;;;-1/p+1. The Balaban J connectivity index is 0.000000316. The Hall–Kier alpha value is -2.63. The van der Waals surface area contributed by atoms with Crippen LogP contribution < -0.4 is 22.6 Å². The molecule has 0 fully saturated rings. The maximum Gasteiger partial charge on any atom is 0.267 e. The molecule has 0 saturated carbocycles. The average Bonchev–Trinajstić information content (AvgIpc) is 2.98. The molecule has 1 nitrogen and oxygen atoms in total. The lowest BCUT2D eigenvalue weighted by Crippen LogP contribution is -3.12. The second-order valence-corrected chi connectivity index (χ2v) is 17.0. The highest BCUT2D eigenvalue weighted by Gasteiger charge is 2.36. The Kier molecular flexibility index (Phi) is 14.1. The first-order chi connectivity index (χ1) is 20.3. The maximum absolute atomic E-state index is 2.84. The van der Waals surface area contributed by atoms with Crippen molar-refractivity contribution in [3.8, 4) is 0 Å². The number of benzene rings is 4. The van der Waals surface area contributed by atoms with Crippen LogP contribution in [0, 0.1) is 27.7 Å². The summed E-state index contributed by atoms with van der Waals surface area (Å²) in [7, 11) is 0. The van der Waals surface area contributed by atoms with Crippen molar-refractivity contribution < 1.29 is 4.90 Å². The summed E-state index contributed by atoms with van der Waals surface area (Å²) < 4.78 is 5.89. The monoisotopic (exact) mass is 577 g/mol. The fourth-order valence-corrected chi connectivity index (χ4v) is 12.5. The third-order valence-corrected chi connectivity index (χ3v) is 14.3. The molecule has 0 atom stereocenters. The van der Waals surface area contributed by atoms with Gasteiger partial charge >= 0.3 is 0 Å². The SMILES string of the molecule is CCCC[NH+](CCCC)CCCC.Cc1ccc[c]([Al-]([c]2cccc(C)c2)([c]2cccc(C)c2)[c]2cccc(C)c2)c1. The average molecular weight is 578 g/mol. The summed E-state index contributed by atoms with van der Waals surface area (Å²) >= 11 is -2.84. The summed E-state index contributed by atoms with van der Waals surface area (Å²) in [6.45, 7) is 19.9. The topological polar surface area (TPSA) is 4.44 Å². The molecule has 0 aliphatic carbocycles. The molecular formula is C40H56AlN. The zero-order chi connectivity index (χ0) is 30.4. The molecule has 4 rings (SSSR count). The predicted molar refractivity (Wildman–Crippen MR) is 189 cm³/mol. The number of nitrogens with one attached hydrogen (secondary N) is 1. The van der Waals surface area contributed by atoms with Crippen molar-refractivity contribution in [2.24, 2.45) is 0 Å². The van der Waals surface area contributed by atoms with Gasteiger partial charge in [-0.3, -0.25) is 0 Å². The number of aryl methyl sites for hydroxylation is 4. The molecule has 0 aromatic heterocycles. The fourth-order valence-electron chi connectivity index (χ4n) is 6.57. The van der Waals surface area contributed by atoms with E-state index in [0.29, 0.717) is 0 Å². The first-order valence-corrected chi connectivity index (χ1v) is 18.9. The molecule has 4 aromatic rings. The van der Waals surface area contributed by atoms with Crippen molar-refractivity contribution in [3.05, 3.63) is 119 Å². The number of quaternary nitrogens is 1. The first kappa shape index (κ1) is 33.9. The van der Waals surface area contributed by atoms with E-state index in [9.17, 15) is 0 Å². The van der Waals surface area contributed by atoms with Crippen LogP contribution in [0.5, 0.6) is 0 Å². The second kappa shape index (κ2) is 17.5. The van der Waals surface area contributed by atoms with Crippen LogP contribution in [0.15, 0.2) is 97.1 Å². The number of hydrogen-bond acceptors (Lipinski definition) is 0. The van der Waals surface area contributed by atoms with Gasteiger partial charge in [-0.2, -0.15) is 0 Å². The molecule has 224 valence electrons. The minimum Gasteiger partial charge on any atom is -0.335 e.